The van der Waals surface area contributed by atoms with Crippen LogP contribution in [0.4, 0.5) is 5.82 Å². The van der Waals surface area contributed by atoms with E-state index < -0.39 is 0 Å². The lowest BCUT2D eigenvalue weighted by molar-refractivity contribution is 0.0719. The Kier molecular flexibility index (Phi) is 3.84. The Morgan fingerprint density at radius 1 is 1.29 bits per heavy atom. The molecular weight excluding hydrogens is 378 g/mol. The van der Waals surface area contributed by atoms with E-state index in [2.05, 4.69) is 27.2 Å². The number of nitrogens with one attached hydrogen (secondary N) is 1. The zero-order chi connectivity index (χ0) is 19.5. The second-order valence-corrected chi connectivity index (χ2v) is 8.26. The van der Waals surface area contributed by atoms with E-state index in [0.29, 0.717) is 29.8 Å². The molecule has 0 radical (unpaired) electrons. The van der Waals surface area contributed by atoms with E-state index in [4.69, 9.17) is 16.0 Å². The van der Waals surface area contributed by atoms with Crippen molar-refractivity contribution in [2.75, 3.05) is 11.9 Å². The number of hydrogen-bond donors (Lipinski definition) is 1. The smallest absolute Gasteiger partial charge is 0.292 e. The van der Waals surface area contributed by atoms with Crippen molar-refractivity contribution >= 4 is 34.4 Å². The van der Waals surface area contributed by atoms with Gasteiger partial charge in [-0.3, -0.25) is 4.79 Å². The predicted octanol–water partition coefficient (Wildman–Crippen LogP) is 3.74. The Bertz CT molecular complexity index is 1110. The number of rotatable bonds is 3. The Hall–Kier alpha value is -2.67. The van der Waals surface area contributed by atoms with Gasteiger partial charge >= 0.3 is 0 Å². The summed E-state index contributed by atoms with van der Waals surface area (Å²) in [7, 11) is 0. The minimum Gasteiger partial charge on any atom is -0.443 e. The molecule has 0 unspecified atom stereocenters. The maximum atomic E-state index is 13.1. The van der Waals surface area contributed by atoms with Crippen LogP contribution in [-0.4, -0.2) is 37.8 Å². The minimum atomic E-state index is -0.229. The number of carbonyl (C=O) groups is 1. The first-order valence-electron chi connectivity index (χ1n) is 9.40. The number of fused-ring (bicyclic) bond motifs is 2. The highest BCUT2D eigenvalue weighted by molar-refractivity contribution is 6.29. The van der Waals surface area contributed by atoms with Gasteiger partial charge in [0.1, 0.15) is 16.7 Å². The van der Waals surface area contributed by atoms with Crippen molar-refractivity contribution in [3.05, 3.63) is 46.2 Å². The SMILES string of the molecule is Cc1cc2c(NC3(C)CC3)nc(C(=O)N3CCc4ccc(Cl)nc4C3)nc2o1. The fourth-order valence-electron chi connectivity index (χ4n) is 3.53. The second kappa shape index (κ2) is 6.17. The van der Waals surface area contributed by atoms with Crippen LogP contribution < -0.4 is 5.32 Å². The average Bonchev–Trinajstić information content (AvgIpc) is 3.26. The topological polar surface area (TPSA) is 84.2 Å². The first kappa shape index (κ1) is 17.4. The number of carbonyl (C=O) groups excluding carboxylic acids is 1. The summed E-state index contributed by atoms with van der Waals surface area (Å²) in [5, 5.41) is 4.69. The molecule has 0 aromatic carbocycles. The molecule has 144 valence electrons. The molecular formula is C20H20ClN5O2. The van der Waals surface area contributed by atoms with E-state index in [-0.39, 0.29) is 17.3 Å². The molecule has 0 bridgehead atoms. The summed E-state index contributed by atoms with van der Waals surface area (Å²) >= 11 is 6.02. The Morgan fingerprint density at radius 2 is 2.11 bits per heavy atom. The van der Waals surface area contributed by atoms with Gasteiger partial charge < -0.3 is 14.6 Å². The van der Waals surface area contributed by atoms with Crippen molar-refractivity contribution in [2.24, 2.45) is 0 Å². The summed E-state index contributed by atoms with van der Waals surface area (Å²) in [5.74, 6) is 1.30. The lowest BCUT2D eigenvalue weighted by Gasteiger charge is -2.27. The van der Waals surface area contributed by atoms with Crippen LogP contribution >= 0.6 is 11.6 Å². The lowest BCUT2D eigenvalue weighted by Crippen LogP contribution is -2.37. The van der Waals surface area contributed by atoms with Crippen molar-refractivity contribution in [3.63, 3.8) is 0 Å². The summed E-state index contributed by atoms with van der Waals surface area (Å²) in [6, 6.07) is 5.66. The molecule has 5 rings (SSSR count). The van der Waals surface area contributed by atoms with Crippen LogP contribution in [0.3, 0.4) is 0 Å². The van der Waals surface area contributed by atoms with E-state index in [9.17, 15) is 4.79 Å². The maximum absolute atomic E-state index is 13.1. The first-order chi connectivity index (χ1) is 13.4. The number of furan rings is 1. The monoisotopic (exact) mass is 397 g/mol. The molecule has 0 spiro atoms. The molecule has 3 aromatic rings. The van der Waals surface area contributed by atoms with Gasteiger partial charge in [-0.25, -0.2) is 9.97 Å². The van der Waals surface area contributed by atoms with Gasteiger partial charge in [-0.1, -0.05) is 17.7 Å². The van der Waals surface area contributed by atoms with Gasteiger partial charge in [-0.2, -0.15) is 4.98 Å². The lowest BCUT2D eigenvalue weighted by atomic mass is 10.1. The summed E-state index contributed by atoms with van der Waals surface area (Å²) in [6.45, 7) is 5.00. The molecule has 4 heterocycles. The third-order valence-corrected chi connectivity index (χ3v) is 5.65. The molecule has 1 amide bonds. The van der Waals surface area contributed by atoms with E-state index in [1.54, 1.807) is 11.0 Å². The zero-order valence-corrected chi connectivity index (χ0v) is 16.5. The number of halogens is 1. The summed E-state index contributed by atoms with van der Waals surface area (Å²) in [5.41, 5.74) is 2.40. The average molecular weight is 398 g/mol. The molecule has 3 aromatic heterocycles. The Labute approximate surface area is 167 Å². The van der Waals surface area contributed by atoms with Gasteiger partial charge in [0, 0.05) is 12.1 Å². The first-order valence-corrected chi connectivity index (χ1v) is 9.78. The largest absolute Gasteiger partial charge is 0.443 e. The minimum absolute atomic E-state index is 0.0253. The number of amides is 1. The summed E-state index contributed by atoms with van der Waals surface area (Å²) in [6.07, 6.45) is 2.89. The van der Waals surface area contributed by atoms with Crippen LogP contribution in [0.2, 0.25) is 5.15 Å². The fourth-order valence-corrected chi connectivity index (χ4v) is 3.69. The van der Waals surface area contributed by atoms with Crippen molar-refractivity contribution in [1.29, 1.82) is 0 Å². The molecule has 1 N–H and O–H groups in total. The normalized spacial score (nSPS) is 17.5. The fraction of sp³-hybridized carbons (Fsp3) is 0.400. The van der Waals surface area contributed by atoms with Crippen LogP contribution in [0.1, 0.15) is 47.4 Å². The van der Waals surface area contributed by atoms with Gasteiger partial charge in [0.15, 0.2) is 0 Å². The van der Waals surface area contributed by atoms with Crippen molar-refractivity contribution in [1.82, 2.24) is 19.9 Å². The van der Waals surface area contributed by atoms with Crippen LogP contribution in [0.5, 0.6) is 0 Å². The maximum Gasteiger partial charge on any atom is 0.292 e. The number of nitrogens with zero attached hydrogens (tertiary/aromatic N) is 4. The molecule has 1 aliphatic carbocycles. The highest BCUT2D eigenvalue weighted by atomic mass is 35.5. The van der Waals surface area contributed by atoms with Crippen LogP contribution in [-0.2, 0) is 13.0 Å². The molecule has 1 fully saturated rings. The molecule has 28 heavy (non-hydrogen) atoms. The Balaban J connectivity index is 1.49. The number of pyridine rings is 1. The molecule has 1 saturated carbocycles. The standard InChI is InChI=1S/C20H20ClN5O2/c1-11-9-13-16(25-20(2)6-7-20)23-17(24-18(13)28-11)19(27)26-8-5-12-3-4-15(21)22-14(12)10-26/h3-4,9H,5-8,10H2,1-2H3,(H,23,24,25). The third-order valence-electron chi connectivity index (χ3n) is 5.44. The van der Waals surface area contributed by atoms with Crippen LogP contribution in [0.25, 0.3) is 11.1 Å². The van der Waals surface area contributed by atoms with Gasteiger partial charge in [0.05, 0.1) is 17.6 Å². The van der Waals surface area contributed by atoms with Crippen molar-refractivity contribution in [2.45, 2.75) is 45.2 Å². The van der Waals surface area contributed by atoms with E-state index in [0.717, 1.165) is 41.7 Å². The second-order valence-electron chi connectivity index (χ2n) is 7.87. The molecule has 0 atom stereocenters. The number of hydrogen-bond acceptors (Lipinski definition) is 6. The number of anilines is 1. The van der Waals surface area contributed by atoms with E-state index >= 15 is 0 Å². The van der Waals surface area contributed by atoms with Crippen LogP contribution in [0, 0.1) is 6.92 Å². The summed E-state index contributed by atoms with van der Waals surface area (Å²) in [4.78, 5) is 28.2. The van der Waals surface area contributed by atoms with Crippen molar-refractivity contribution < 1.29 is 9.21 Å². The van der Waals surface area contributed by atoms with Gasteiger partial charge in [-0.15, -0.1) is 0 Å². The molecule has 2 aliphatic rings. The van der Waals surface area contributed by atoms with Gasteiger partial charge in [0.25, 0.3) is 5.91 Å². The number of aromatic nitrogens is 3. The third kappa shape index (κ3) is 3.09. The number of aryl methyl sites for hydroxylation is 1. The highest BCUT2D eigenvalue weighted by Gasteiger charge is 2.38. The predicted molar refractivity (Wildman–Crippen MR) is 105 cm³/mol. The summed E-state index contributed by atoms with van der Waals surface area (Å²) < 4.78 is 5.70. The molecule has 1 aliphatic heterocycles. The van der Waals surface area contributed by atoms with E-state index in [1.165, 1.54) is 0 Å². The van der Waals surface area contributed by atoms with Crippen molar-refractivity contribution in [3.8, 4) is 0 Å². The van der Waals surface area contributed by atoms with Gasteiger partial charge in [0.2, 0.25) is 11.5 Å². The molecule has 7 nitrogen and oxygen atoms in total. The zero-order valence-electron chi connectivity index (χ0n) is 15.8. The molecule has 0 saturated heterocycles. The van der Waals surface area contributed by atoms with Crippen LogP contribution in [0.15, 0.2) is 22.6 Å². The quantitative estimate of drug-likeness (QED) is 0.678. The van der Waals surface area contributed by atoms with E-state index in [1.807, 2.05) is 19.1 Å². The Morgan fingerprint density at radius 3 is 2.89 bits per heavy atom. The molecule has 8 heteroatoms. The van der Waals surface area contributed by atoms with Gasteiger partial charge in [-0.05, 0) is 50.8 Å². The highest BCUT2D eigenvalue weighted by Crippen LogP contribution is 2.39.